The predicted molar refractivity (Wildman–Crippen MR) is 109 cm³/mol. The maximum Gasteiger partial charge on any atom is 0.269 e. The molecule has 0 bridgehead atoms. The zero-order valence-corrected chi connectivity index (χ0v) is 16.0. The van der Waals surface area contributed by atoms with Crippen LogP contribution < -0.4 is 30.4 Å². The molecular formula is C20H21N3O4S. The lowest BCUT2D eigenvalue weighted by atomic mass is 10.2. The van der Waals surface area contributed by atoms with Crippen molar-refractivity contribution in [2.75, 3.05) is 12.1 Å². The summed E-state index contributed by atoms with van der Waals surface area (Å²) in [4.78, 5) is 12.3. The number of thiocarbonyl (C=S) groups is 1. The molecule has 0 aromatic heterocycles. The molecule has 0 saturated heterocycles. The zero-order chi connectivity index (χ0) is 19.3. The largest absolute Gasteiger partial charge is 0.490 e. The molecule has 28 heavy (non-hydrogen) atoms. The average Bonchev–Trinajstić information content (AvgIpc) is 3.38. The van der Waals surface area contributed by atoms with Crippen LogP contribution in [0.3, 0.4) is 0 Å². The van der Waals surface area contributed by atoms with Crippen molar-refractivity contribution in [2.45, 2.75) is 31.8 Å². The third-order valence-electron chi connectivity index (χ3n) is 4.64. The minimum Gasteiger partial charge on any atom is -0.490 e. The summed E-state index contributed by atoms with van der Waals surface area (Å²) in [5.41, 5.74) is 6.50. The van der Waals surface area contributed by atoms with E-state index in [1.165, 1.54) is 12.8 Å². The Morgan fingerprint density at radius 1 is 1.00 bits per heavy atom. The molecule has 3 N–H and O–H groups in total. The number of hydrogen-bond donors (Lipinski definition) is 3. The smallest absolute Gasteiger partial charge is 0.269 e. The summed E-state index contributed by atoms with van der Waals surface area (Å²) in [7, 11) is 0. The summed E-state index contributed by atoms with van der Waals surface area (Å²) in [5.74, 6) is 1.84. The molecule has 0 radical (unpaired) electrons. The molecular weight excluding hydrogens is 378 g/mol. The highest BCUT2D eigenvalue weighted by Crippen LogP contribution is 2.34. The summed E-state index contributed by atoms with van der Waals surface area (Å²) < 4.78 is 16.5. The van der Waals surface area contributed by atoms with E-state index in [-0.39, 0.29) is 17.8 Å². The number of hydrazine groups is 1. The second-order valence-corrected chi connectivity index (χ2v) is 7.06. The van der Waals surface area contributed by atoms with Gasteiger partial charge in [-0.1, -0.05) is 0 Å². The van der Waals surface area contributed by atoms with Crippen LogP contribution in [0.5, 0.6) is 17.2 Å². The Morgan fingerprint density at radius 3 is 2.54 bits per heavy atom. The van der Waals surface area contributed by atoms with E-state index in [0.717, 1.165) is 24.3 Å². The lowest BCUT2D eigenvalue weighted by Gasteiger charge is -2.14. The fraction of sp³-hybridized carbons (Fsp3) is 0.300. The molecule has 1 aliphatic heterocycles. The van der Waals surface area contributed by atoms with E-state index in [4.69, 9.17) is 26.4 Å². The molecule has 146 valence electrons. The third kappa shape index (κ3) is 4.45. The summed E-state index contributed by atoms with van der Waals surface area (Å²) in [5, 5.41) is 3.24. The first kappa shape index (κ1) is 18.4. The van der Waals surface area contributed by atoms with Gasteiger partial charge in [0.25, 0.3) is 5.91 Å². The monoisotopic (exact) mass is 399 g/mol. The standard InChI is InChI=1S/C20H21N3O4S/c24-19(13-5-8-16(9-6-13)27-15-3-1-2-4-15)22-23-20(28)21-14-7-10-17-18(11-14)26-12-25-17/h5-11,15H,1-4,12H2,(H,22,24)(H2,21,23,28). The van der Waals surface area contributed by atoms with Gasteiger partial charge in [0.2, 0.25) is 6.79 Å². The van der Waals surface area contributed by atoms with Gasteiger partial charge in [-0.2, -0.15) is 0 Å². The highest BCUT2D eigenvalue weighted by molar-refractivity contribution is 7.80. The Bertz CT molecular complexity index is 866. The fourth-order valence-corrected chi connectivity index (χ4v) is 3.37. The van der Waals surface area contributed by atoms with Crippen molar-refractivity contribution < 1.29 is 19.0 Å². The average molecular weight is 399 g/mol. The van der Waals surface area contributed by atoms with Gasteiger partial charge in [0, 0.05) is 17.3 Å². The van der Waals surface area contributed by atoms with E-state index in [9.17, 15) is 4.79 Å². The molecule has 1 aliphatic carbocycles. The quantitative estimate of drug-likeness (QED) is 0.537. The molecule has 1 fully saturated rings. The van der Waals surface area contributed by atoms with Gasteiger partial charge in [0.15, 0.2) is 16.6 Å². The number of carbonyl (C=O) groups is 1. The van der Waals surface area contributed by atoms with Crippen molar-refractivity contribution in [1.82, 2.24) is 10.9 Å². The van der Waals surface area contributed by atoms with Crippen molar-refractivity contribution >= 4 is 28.9 Å². The summed E-state index contributed by atoms with van der Waals surface area (Å²) in [6.07, 6.45) is 4.93. The molecule has 0 atom stereocenters. The second-order valence-electron chi connectivity index (χ2n) is 6.65. The van der Waals surface area contributed by atoms with Crippen LogP contribution in [-0.2, 0) is 0 Å². The number of fused-ring (bicyclic) bond motifs is 1. The van der Waals surface area contributed by atoms with E-state index < -0.39 is 0 Å². The molecule has 1 amide bonds. The molecule has 2 aliphatic rings. The highest BCUT2D eigenvalue weighted by Gasteiger charge is 2.17. The van der Waals surface area contributed by atoms with Gasteiger partial charge in [0.05, 0.1) is 6.10 Å². The first-order valence-electron chi connectivity index (χ1n) is 9.21. The van der Waals surface area contributed by atoms with Crippen LogP contribution in [0.4, 0.5) is 5.69 Å². The Hall–Kier alpha value is -3.00. The van der Waals surface area contributed by atoms with E-state index in [0.29, 0.717) is 23.2 Å². The molecule has 2 aromatic rings. The van der Waals surface area contributed by atoms with E-state index >= 15 is 0 Å². The van der Waals surface area contributed by atoms with Gasteiger partial charge in [0.1, 0.15) is 5.75 Å². The normalized spacial score (nSPS) is 15.1. The van der Waals surface area contributed by atoms with Crippen LogP contribution >= 0.6 is 12.2 Å². The predicted octanol–water partition coefficient (Wildman–Crippen LogP) is 3.37. The van der Waals surface area contributed by atoms with Crippen LogP contribution in [0.2, 0.25) is 0 Å². The molecule has 0 unspecified atom stereocenters. The maximum atomic E-state index is 12.3. The van der Waals surface area contributed by atoms with E-state index in [1.807, 2.05) is 18.2 Å². The minimum absolute atomic E-state index is 0.210. The lowest BCUT2D eigenvalue weighted by Crippen LogP contribution is -2.43. The highest BCUT2D eigenvalue weighted by atomic mass is 32.1. The number of anilines is 1. The van der Waals surface area contributed by atoms with Crippen molar-refractivity contribution in [3.63, 3.8) is 0 Å². The van der Waals surface area contributed by atoms with Crippen LogP contribution in [0, 0.1) is 0 Å². The lowest BCUT2D eigenvalue weighted by molar-refractivity contribution is 0.0944. The molecule has 2 aromatic carbocycles. The van der Waals surface area contributed by atoms with Gasteiger partial charge in [-0.25, -0.2) is 0 Å². The Morgan fingerprint density at radius 2 is 1.75 bits per heavy atom. The van der Waals surface area contributed by atoms with Crippen LogP contribution in [0.1, 0.15) is 36.0 Å². The van der Waals surface area contributed by atoms with Gasteiger partial charge in [-0.15, -0.1) is 0 Å². The summed E-state index contributed by atoms with van der Waals surface area (Å²) in [6.45, 7) is 0.210. The topological polar surface area (TPSA) is 80.9 Å². The molecule has 1 saturated carbocycles. The van der Waals surface area contributed by atoms with Crippen molar-refractivity contribution in [2.24, 2.45) is 0 Å². The summed E-state index contributed by atoms with van der Waals surface area (Å²) in [6, 6.07) is 12.5. The number of carbonyl (C=O) groups excluding carboxylic acids is 1. The third-order valence-corrected chi connectivity index (χ3v) is 4.85. The number of rotatable bonds is 4. The van der Waals surface area contributed by atoms with E-state index in [1.54, 1.807) is 24.3 Å². The number of amides is 1. The van der Waals surface area contributed by atoms with Gasteiger partial charge < -0.3 is 19.5 Å². The molecule has 1 heterocycles. The number of nitrogens with one attached hydrogen (secondary N) is 3. The van der Waals surface area contributed by atoms with Gasteiger partial charge in [-0.05, 0) is 74.3 Å². The molecule has 7 nitrogen and oxygen atoms in total. The molecule has 0 spiro atoms. The Kier molecular flexibility index (Phi) is 5.48. The number of benzene rings is 2. The van der Waals surface area contributed by atoms with Crippen LogP contribution in [-0.4, -0.2) is 23.9 Å². The van der Waals surface area contributed by atoms with Crippen molar-refractivity contribution in [1.29, 1.82) is 0 Å². The second kappa shape index (κ2) is 8.35. The molecule has 4 rings (SSSR count). The first-order valence-corrected chi connectivity index (χ1v) is 9.62. The van der Waals surface area contributed by atoms with E-state index in [2.05, 4.69) is 16.2 Å². The summed E-state index contributed by atoms with van der Waals surface area (Å²) >= 11 is 5.20. The Balaban J connectivity index is 1.25. The SMILES string of the molecule is O=C(NNC(=S)Nc1ccc2c(c1)OCO2)c1ccc(OC2CCCC2)cc1. The molecule has 8 heteroatoms. The Labute approximate surface area is 168 Å². The van der Waals surface area contributed by atoms with Crippen molar-refractivity contribution in [3.05, 3.63) is 48.0 Å². The number of ether oxygens (including phenoxy) is 3. The zero-order valence-electron chi connectivity index (χ0n) is 15.2. The fourth-order valence-electron chi connectivity index (χ4n) is 3.21. The van der Waals surface area contributed by atoms with Gasteiger partial charge in [-0.3, -0.25) is 15.6 Å². The minimum atomic E-state index is -0.290. The van der Waals surface area contributed by atoms with Crippen LogP contribution in [0.25, 0.3) is 0 Å². The van der Waals surface area contributed by atoms with Crippen LogP contribution in [0.15, 0.2) is 42.5 Å². The van der Waals surface area contributed by atoms with Gasteiger partial charge >= 0.3 is 0 Å². The first-order chi connectivity index (χ1) is 13.7. The van der Waals surface area contributed by atoms with Crippen molar-refractivity contribution in [3.8, 4) is 17.2 Å². The number of hydrogen-bond acceptors (Lipinski definition) is 5. The maximum absolute atomic E-state index is 12.3.